The monoisotopic (exact) mass is 273 g/mol. The van der Waals surface area contributed by atoms with E-state index in [9.17, 15) is 18.0 Å². The van der Waals surface area contributed by atoms with Crippen LogP contribution in [0.2, 0.25) is 0 Å². The number of aryl methyl sites for hydroxylation is 1. The van der Waals surface area contributed by atoms with Crippen LogP contribution in [0.1, 0.15) is 54.1 Å². The number of halogens is 3. The third-order valence-corrected chi connectivity index (χ3v) is 3.00. The van der Waals surface area contributed by atoms with E-state index in [1.807, 2.05) is 0 Å². The molecule has 106 valence electrons. The van der Waals surface area contributed by atoms with Crippen molar-refractivity contribution >= 4 is 5.91 Å². The number of unbranched alkanes of at least 4 members (excludes halogenated alkanes) is 3. The minimum atomic E-state index is -4.45. The molecule has 0 aliphatic rings. The van der Waals surface area contributed by atoms with Gasteiger partial charge in [-0.25, -0.2) is 0 Å². The standard InChI is InChI=1S/C14H18F3NO/c1-2-3-4-5-6-10-7-8-11(14(15,16)17)9-12(10)13(18)19/h7-9H,2-6H2,1H3,(H2,18,19). The SMILES string of the molecule is CCCCCCc1ccc(C(F)(F)F)cc1C(N)=O. The second-order valence-electron chi connectivity index (χ2n) is 4.54. The first-order valence-corrected chi connectivity index (χ1v) is 6.36. The number of rotatable bonds is 6. The maximum Gasteiger partial charge on any atom is 0.416 e. The van der Waals surface area contributed by atoms with E-state index >= 15 is 0 Å². The van der Waals surface area contributed by atoms with Gasteiger partial charge in [0.05, 0.1) is 5.56 Å². The fourth-order valence-corrected chi connectivity index (χ4v) is 1.94. The fourth-order valence-electron chi connectivity index (χ4n) is 1.94. The van der Waals surface area contributed by atoms with Gasteiger partial charge in [-0.1, -0.05) is 32.3 Å². The average Bonchev–Trinajstić information content (AvgIpc) is 2.33. The van der Waals surface area contributed by atoms with E-state index < -0.39 is 17.6 Å². The first-order chi connectivity index (χ1) is 8.86. The van der Waals surface area contributed by atoms with Gasteiger partial charge in [-0.05, 0) is 30.5 Å². The van der Waals surface area contributed by atoms with Gasteiger partial charge in [0.25, 0.3) is 0 Å². The van der Waals surface area contributed by atoms with Gasteiger partial charge in [-0.15, -0.1) is 0 Å². The molecular weight excluding hydrogens is 255 g/mol. The summed E-state index contributed by atoms with van der Waals surface area (Å²) in [4.78, 5) is 11.2. The van der Waals surface area contributed by atoms with Crippen LogP contribution in [-0.4, -0.2) is 5.91 Å². The van der Waals surface area contributed by atoms with Gasteiger partial charge < -0.3 is 5.73 Å². The van der Waals surface area contributed by atoms with Crippen molar-refractivity contribution in [1.29, 1.82) is 0 Å². The van der Waals surface area contributed by atoms with Gasteiger partial charge in [0, 0.05) is 5.56 Å². The van der Waals surface area contributed by atoms with Crippen LogP contribution in [0.25, 0.3) is 0 Å². The summed E-state index contributed by atoms with van der Waals surface area (Å²) in [5, 5.41) is 0. The van der Waals surface area contributed by atoms with Crippen LogP contribution >= 0.6 is 0 Å². The van der Waals surface area contributed by atoms with Crippen molar-refractivity contribution < 1.29 is 18.0 Å². The average molecular weight is 273 g/mol. The lowest BCUT2D eigenvalue weighted by Gasteiger charge is -2.11. The van der Waals surface area contributed by atoms with Crippen molar-refractivity contribution in [1.82, 2.24) is 0 Å². The molecule has 1 rings (SSSR count). The largest absolute Gasteiger partial charge is 0.416 e. The Morgan fingerprint density at radius 2 is 1.89 bits per heavy atom. The number of primary amides is 1. The zero-order chi connectivity index (χ0) is 14.5. The number of hydrogen-bond acceptors (Lipinski definition) is 1. The molecule has 1 aromatic carbocycles. The smallest absolute Gasteiger partial charge is 0.366 e. The van der Waals surface area contributed by atoms with Crippen LogP contribution in [0.4, 0.5) is 13.2 Å². The highest BCUT2D eigenvalue weighted by Gasteiger charge is 2.31. The van der Waals surface area contributed by atoms with Gasteiger partial charge in [-0.3, -0.25) is 4.79 Å². The van der Waals surface area contributed by atoms with E-state index in [1.54, 1.807) is 0 Å². The molecule has 0 radical (unpaired) electrons. The molecule has 0 spiro atoms. The molecule has 19 heavy (non-hydrogen) atoms. The molecule has 0 aliphatic heterocycles. The van der Waals surface area contributed by atoms with Crippen molar-refractivity contribution in [3.05, 3.63) is 34.9 Å². The van der Waals surface area contributed by atoms with Crippen molar-refractivity contribution in [3.63, 3.8) is 0 Å². The summed E-state index contributed by atoms with van der Waals surface area (Å²) >= 11 is 0. The first-order valence-electron chi connectivity index (χ1n) is 6.36. The topological polar surface area (TPSA) is 43.1 Å². The summed E-state index contributed by atoms with van der Waals surface area (Å²) in [6.45, 7) is 2.08. The molecule has 0 fully saturated rings. The number of benzene rings is 1. The highest BCUT2D eigenvalue weighted by molar-refractivity contribution is 5.94. The lowest BCUT2D eigenvalue weighted by molar-refractivity contribution is -0.137. The van der Waals surface area contributed by atoms with Crippen molar-refractivity contribution in [2.45, 2.75) is 45.2 Å². The number of nitrogens with two attached hydrogens (primary N) is 1. The minimum Gasteiger partial charge on any atom is -0.366 e. The number of hydrogen-bond donors (Lipinski definition) is 1. The van der Waals surface area contributed by atoms with Gasteiger partial charge in [0.2, 0.25) is 5.91 Å². The normalized spacial score (nSPS) is 11.6. The molecule has 5 heteroatoms. The molecule has 0 saturated heterocycles. The molecule has 1 amide bonds. The van der Waals surface area contributed by atoms with E-state index in [2.05, 4.69) is 6.92 Å². The third kappa shape index (κ3) is 4.58. The summed E-state index contributed by atoms with van der Waals surface area (Å²) in [5.74, 6) is -0.809. The summed E-state index contributed by atoms with van der Waals surface area (Å²) in [5.41, 5.74) is 4.89. The highest BCUT2D eigenvalue weighted by Crippen LogP contribution is 2.30. The van der Waals surface area contributed by atoms with Gasteiger partial charge in [0.15, 0.2) is 0 Å². The summed E-state index contributed by atoms with van der Waals surface area (Å²) < 4.78 is 37.7. The minimum absolute atomic E-state index is 0.0219. The quantitative estimate of drug-likeness (QED) is 0.784. The van der Waals surface area contributed by atoms with E-state index in [0.29, 0.717) is 12.0 Å². The predicted octanol–water partition coefficient (Wildman–Crippen LogP) is 3.93. The molecule has 0 heterocycles. The van der Waals surface area contributed by atoms with Crippen molar-refractivity contribution in [2.75, 3.05) is 0 Å². The van der Waals surface area contributed by atoms with Gasteiger partial charge in [-0.2, -0.15) is 13.2 Å². The van der Waals surface area contributed by atoms with Crippen LogP contribution in [0.5, 0.6) is 0 Å². The molecule has 1 aromatic rings. The fraction of sp³-hybridized carbons (Fsp3) is 0.500. The molecule has 0 aromatic heterocycles. The molecule has 2 nitrogen and oxygen atoms in total. The first kappa shape index (κ1) is 15.5. The van der Waals surface area contributed by atoms with E-state index in [-0.39, 0.29) is 5.56 Å². The Labute approximate surface area is 110 Å². The Morgan fingerprint density at radius 3 is 2.42 bits per heavy atom. The zero-order valence-corrected chi connectivity index (χ0v) is 10.9. The molecule has 0 aliphatic carbocycles. The molecular formula is C14H18F3NO. The lowest BCUT2D eigenvalue weighted by atomic mass is 9.98. The number of carbonyl (C=O) groups excluding carboxylic acids is 1. The number of alkyl halides is 3. The Balaban J connectivity index is 2.90. The zero-order valence-electron chi connectivity index (χ0n) is 10.9. The molecule has 2 N–H and O–H groups in total. The van der Waals surface area contributed by atoms with Crippen LogP contribution < -0.4 is 5.73 Å². The molecule has 0 unspecified atom stereocenters. The highest BCUT2D eigenvalue weighted by atomic mass is 19.4. The van der Waals surface area contributed by atoms with Crippen LogP contribution in [-0.2, 0) is 12.6 Å². The second-order valence-corrected chi connectivity index (χ2v) is 4.54. The molecule has 0 bridgehead atoms. The summed E-state index contributed by atoms with van der Waals surface area (Å²) in [6, 6.07) is 3.20. The Hall–Kier alpha value is -1.52. The predicted molar refractivity (Wildman–Crippen MR) is 67.8 cm³/mol. The van der Waals surface area contributed by atoms with Gasteiger partial charge >= 0.3 is 6.18 Å². The van der Waals surface area contributed by atoms with E-state index in [1.165, 1.54) is 6.07 Å². The Kier molecular flexibility index (Phi) is 5.39. The third-order valence-electron chi connectivity index (χ3n) is 3.00. The van der Waals surface area contributed by atoms with E-state index in [0.717, 1.165) is 37.8 Å². The van der Waals surface area contributed by atoms with Crippen molar-refractivity contribution in [3.8, 4) is 0 Å². The van der Waals surface area contributed by atoms with Crippen LogP contribution in [0, 0.1) is 0 Å². The van der Waals surface area contributed by atoms with Crippen LogP contribution in [0.3, 0.4) is 0 Å². The summed E-state index contributed by atoms with van der Waals surface area (Å²) in [6.07, 6.45) is 0.124. The maximum atomic E-state index is 12.6. The van der Waals surface area contributed by atoms with E-state index in [4.69, 9.17) is 5.73 Å². The molecule has 0 atom stereocenters. The Bertz CT molecular complexity index is 441. The number of amides is 1. The lowest BCUT2D eigenvalue weighted by Crippen LogP contribution is -2.16. The van der Waals surface area contributed by atoms with Crippen LogP contribution in [0.15, 0.2) is 18.2 Å². The molecule has 0 saturated carbocycles. The van der Waals surface area contributed by atoms with Gasteiger partial charge in [0.1, 0.15) is 0 Å². The Morgan fingerprint density at radius 1 is 1.21 bits per heavy atom. The maximum absolute atomic E-state index is 12.6. The number of carbonyl (C=O) groups is 1. The van der Waals surface area contributed by atoms with Crippen molar-refractivity contribution in [2.24, 2.45) is 5.73 Å². The second kappa shape index (κ2) is 6.59. The summed E-state index contributed by atoms with van der Waals surface area (Å²) in [7, 11) is 0.